The van der Waals surface area contributed by atoms with E-state index in [1.54, 1.807) is 23.1 Å². The highest BCUT2D eigenvalue weighted by Crippen LogP contribution is 2.22. The van der Waals surface area contributed by atoms with Crippen molar-refractivity contribution in [1.82, 2.24) is 4.90 Å². The van der Waals surface area contributed by atoms with Crippen LogP contribution in [0.5, 0.6) is 0 Å². The third-order valence-electron chi connectivity index (χ3n) is 4.75. The second-order valence-corrected chi connectivity index (χ2v) is 7.42. The minimum Gasteiger partial charge on any atom is -0.452 e. The van der Waals surface area contributed by atoms with Gasteiger partial charge in [0.1, 0.15) is 0 Å². The number of halogens is 1. The van der Waals surface area contributed by atoms with Crippen molar-refractivity contribution in [2.75, 3.05) is 19.7 Å². The normalized spacial score (nSPS) is 14.9. The van der Waals surface area contributed by atoms with E-state index in [-0.39, 0.29) is 12.5 Å². The number of amides is 1. The summed E-state index contributed by atoms with van der Waals surface area (Å²) in [6.45, 7) is 1.25. The molecule has 0 N–H and O–H groups in total. The summed E-state index contributed by atoms with van der Waals surface area (Å²) in [7, 11) is 0. The first-order valence-electron chi connectivity index (χ1n) is 8.87. The molecule has 0 unspecified atom stereocenters. The minimum atomic E-state index is -0.482. The summed E-state index contributed by atoms with van der Waals surface area (Å²) in [6.07, 6.45) is 3.03. The standard InChI is InChI=1S/C21H22BrNO3/c22-19-9-5-4-8-18(19)21(25)26-15-20(24)23-12-10-17(11-13-23)14-16-6-2-1-3-7-16/h1-9,17H,10-15H2. The molecule has 0 saturated carbocycles. The average Bonchev–Trinajstić information content (AvgIpc) is 2.67. The van der Waals surface area contributed by atoms with Crippen LogP contribution in [0.15, 0.2) is 59.1 Å². The lowest BCUT2D eigenvalue weighted by atomic mass is 9.90. The van der Waals surface area contributed by atoms with Crippen LogP contribution in [0.4, 0.5) is 0 Å². The Balaban J connectivity index is 1.44. The molecule has 2 aromatic carbocycles. The highest BCUT2D eigenvalue weighted by molar-refractivity contribution is 9.10. The lowest BCUT2D eigenvalue weighted by molar-refractivity contribution is -0.135. The number of hydrogen-bond donors (Lipinski definition) is 0. The van der Waals surface area contributed by atoms with Gasteiger partial charge in [0, 0.05) is 17.6 Å². The molecule has 4 nitrogen and oxygen atoms in total. The van der Waals surface area contributed by atoms with Crippen molar-refractivity contribution in [2.45, 2.75) is 19.3 Å². The molecule has 26 heavy (non-hydrogen) atoms. The predicted octanol–water partition coefficient (Wildman–Crippen LogP) is 4.09. The van der Waals surface area contributed by atoms with Crippen molar-refractivity contribution in [1.29, 1.82) is 0 Å². The Bertz CT molecular complexity index is 755. The van der Waals surface area contributed by atoms with Gasteiger partial charge < -0.3 is 9.64 Å². The van der Waals surface area contributed by atoms with Gasteiger partial charge in [0.2, 0.25) is 0 Å². The number of esters is 1. The Kier molecular flexibility index (Phi) is 6.45. The number of likely N-dealkylation sites (tertiary alicyclic amines) is 1. The number of carbonyl (C=O) groups excluding carboxylic acids is 2. The molecular weight excluding hydrogens is 394 g/mol. The van der Waals surface area contributed by atoms with Crippen LogP contribution in [-0.4, -0.2) is 36.5 Å². The molecule has 0 radical (unpaired) electrons. The van der Waals surface area contributed by atoms with Gasteiger partial charge in [-0.15, -0.1) is 0 Å². The van der Waals surface area contributed by atoms with Gasteiger partial charge in [-0.05, 0) is 58.8 Å². The van der Waals surface area contributed by atoms with E-state index in [4.69, 9.17) is 4.74 Å². The van der Waals surface area contributed by atoms with Crippen molar-refractivity contribution in [2.24, 2.45) is 5.92 Å². The molecule has 3 rings (SSSR count). The minimum absolute atomic E-state index is 0.122. The molecule has 1 aliphatic heterocycles. The highest BCUT2D eigenvalue weighted by atomic mass is 79.9. The molecular formula is C21H22BrNO3. The van der Waals surface area contributed by atoms with Gasteiger partial charge in [-0.3, -0.25) is 4.79 Å². The van der Waals surface area contributed by atoms with Crippen molar-refractivity contribution >= 4 is 27.8 Å². The van der Waals surface area contributed by atoms with E-state index >= 15 is 0 Å². The van der Waals surface area contributed by atoms with Crippen molar-refractivity contribution in [3.63, 3.8) is 0 Å². The number of hydrogen-bond acceptors (Lipinski definition) is 3. The van der Waals surface area contributed by atoms with Crippen molar-refractivity contribution in [3.8, 4) is 0 Å². The Hall–Kier alpha value is -2.14. The molecule has 1 aliphatic rings. The molecule has 2 aromatic rings. The Morgan fingerprint density at radius 2 is 1.65 bits per heavy atom. The number of nitrogens with zero attached hydrogens (tertiary/aromatic N) is 1. The topological polar surface area (TPSA) is 46.6 Å². The second kappa shape index (κ2) is 8.99. The van der Waals surface area contributed by atoms with Crippen molar-refractivity contribution in [3.05, 3.63) is 70.2 Å². The fraction of sp³-hybridized carbons (Fsp3) is 0.333. The summed E-state index contributed by atoms with van der Waals surface area (Å²) in [4.78, 5) is 26.2. The summed E-state index contributed by atoms with van der Waals surface area (Å²) >= 11 is 3.32. The Morgan fingerprint density at radius 1 is 1.00 bits per heavy atom. The second-order valence-electron chi connectivity index (χ2n) is 6.57. The maximum absolute atomic E-state index is 12.3. The molecule has 1 fully saturated rings. The SMILES string of the molecule is O=C(OCC(=O)N1CCC(Cc2ccccc2)CC1)c1ccccc1Br. The third kappa shape index (κ3) is 4.94. The van der Waals surface area contributed by atoms with E-state index < -0.39 is 5.97 Å². The smallest absolute Gasteiger partial charge is 0.339 e. The van der Waals surface area contributed by atoms with Crippen LogP contribution in [0.25, 0.3) is 0 Å². The van der Waals surface area contributed by atoms with Crippen LogP contribution in [0.3, 0.4) is 0 Å². The Labute approximate surface area is 162 Å². The summed E-state index contributed by atoms with van der Waals surface area (Å²) in [5.41, 5.74) is 1.78. The average molecular weight is 416 g/mol. The zero-order valence-electron chi connectivity index (χ0n) is 14.6. The van der Waals surface area contributed by atoms with Crippen LogP contribution in [-0.2, 0) is 16.0 Å². The first kappa shape index (κ1) is 18.6. The molecule has 0 spiro atoms. The van der Waals surface area contributed by atoms with Crippen LogP contribution < -0.4 is 0 Å². The van der Waals surface area contributed by atoms with E-state index in [0.717, 1.165) is 32.4 Å². The monoisotopic (exact) mass is 415 g/mol. The molecule has 1 amide bonds. The van der Waals surface area contributed by atoms with E-state index in [1.807, 2.05) is 12.1 Å². The van der Waals surface area contributed by atoms with Gasteiger partial charge in [0.05, 0.1) is 5.56 Å². The van der Waals surface area contributed by atoms with Gasteiger partial charge in [0.25, 0.3) is 5.91 Å². The van der Waals surface area contributed by atoms with Crippen LogP contribution in [0.1, 0.15) is 28.8 Å². The highest BCUT2D eigenvalue weighted by Gasteiger charge is 2.24. The molecule has 5 heteroatoms. The number of piperidine rings is 1. The van der Waals surface area contributed by atoms with E-state index in [1.165, 1.54) is 5.56 Å². The quantitative estimate of drug-likeness (QED) is 0.690. The zero-order valence-corrected chi connectivity index (χ0v) is 16.2. The van der Waals surface area contributed by atoms with Crippen LogP contribution in [0, 0.1) is 5.92 Å². The molecule has 1 heterocycles. The molecule has 0 bridgehead atoms. The van der Waals surface area contributed by atoms with Gasteiger partial charge >= 0.3 is 5.97 Å². The summed E-state index contributed by atoms with van der Waals surface area (Å²) in [5.74, 6) is -0.00220. The molecule has 136 valence electrons. The number of benzene rings is 2. The maximum atomic E-state index is 12.3. The van der Waals surface area contributed by atoms with Gasteiger partial charge in [-0.2, -0.15) is 0 Å². The number of ether oxygens (including phenoxy) is 1. The largest absolute Gasteiger partial charge is 0.452 e. The van der Waals surface area contributed by atoms with E-state index in [9.17, 15) is 9.59 Å². The first-order valence-corrected chi connectivity index (χ1v) is 9.66. The maximum Gasteiger partial charge on any atom is 0.339 e. The lowest BCUT2D eigenvalue weighted by Crippen LogP contribution is -2.41. The number of carbonyl (C=O) groups is 2. The van der Waals surface area contributed by atoms with Gasteiger partial charge in [0.15, 0.2) is 6.61 Å². The molecule has 0 atom stereocenters. The fourth-order valence-electron chi connectivity index (χ4n) is 3.26. The Morgan fingerprint density at radius 3 is 2.35 bits per heavy atom. The van der Waals surface area contributed by atoms with Gasteiger partial charge in [-0.1, -0.05) is 42.5 Å². The first-order chi connectivity index (χ1) is 12.6. The lowest BCUT2D eigenvalue weighted by Gasteiger charge is -2.32. The van der Waals surface area contributed by atoms with Crippen LogP contribution in [0.2, 0.25) is 0 Å². The molecule has 1 saturated heterocycles. The van der Waals surface area contributed by atoms with Gasteiger partial charge in [-0.25, -0.2) is 4.79 Å². The van der Waals surface area contributed by atoms with E-state index in [0.29, 0.717) is 16.0 Å². The summed E-state index contributed by atoms with van der Waals surface area (Å²) < 4.78 is 5.85. The third-order valence-corrected chi connectivity index (χ3v) is 5.45. The molecule has 0 aromatic heterocycles. The summed E-state index contributed by atoms with van der Waals surface area (Å²) in [5, 5.41) is 0. The number of rotatable bonds is 5. The summed E-state index contributed by atoms with van der Waals surface area (Å²) in [6, 6.07) is 17.5. The molecule has 0 aliphatic carbocycles. The van der Waals surface area contributed by atoms with E-state index in [2.05, 4.69) is 40.2 Å². The van der Waals surface area contributed by atoms with Crippen molar-refractivity contribution < 1.29 is 14.3 Å². The zero-order chi connectivity index (χ0) is 18.4. The fourth-order valence-corrected chi connectivity index (χ4v) is 3.70. The van der Waals surface area contributed by atoms with Crippen LogP contribution >= 0.6 is 15.9 Å². The predicted molar refractivity (Wildman–Crippen MR) is 104 cm³/mol.